The maximum atomic E-state index is 12.4. The van der Waals surface area contributed by atoms with E-state index in [0.717, 1.165) is 5.56 Å². The van der Waals surface area contributed by atoms with Gasteiger partial charge in [-0.1, -0.05) is 42.5 Å². The van der Waals surface area contributed by atoms with Gasteiger partial charge in [0.15, 0.2) is 0 Å². The molecule has 0 spiro atoms. The molecule has 0 saturated heterocycles. The van der Waals surface area contributed by atoms with E-state index in [-0.39, 0.29) is 11.4 Å². The predicted molar refractivity (Wildman–Crippen MR) is 108 cm³/mol. The second-order valence-electron chi connectivity index (χ2n) is 7.15. The summed E-state index contributed by atoms with van der Waals surface area (Å²) in [6.45, 7) is 7.19. The standard InChI is InChI=1S/C20H25N3O4S/c1-15(22-23-19(24)27-20(2,3)4)17-10-12-18(13-11-17)28(25,26)21-14-16-8-6-5-7-9-16/h5-13,21H,14H2,1-4H3,(H,23,24)/b22-15-. The Balaban J connectivity index is 2.01. The van der Waals surface area contributed by atoms with Gasteiger partial charge in [0.2, 0.25) is 10.0 Å². The van der Waals surface area contributed by atoms with Gasteiger partial charge in [0, 0.05) is 6.54 Å². The van der Waals surface area contributed by atoms with Crippen molar-refractivity contribution < 1.29 is 17.9 Å². The van der Waals surface area contributed by atoms with Crippen molar-refractivity contribution in [1.82, 2.24) is 10.1 Å². The average Bonchev–Trinajstić information content (AvgIpc) is 2.64. The van der Waals surface area contributed by atoms with Gasteiger partial charge < -0.3 is 4.74 Å². The average molecular weight is 404 g/mol. The third-order valence-electron chi connectivity index (χ3n) is 3.61. The smallest absolute Gasteiger partial charge is 0.428 e. The topological polar surface area (TPSA) is 96.9 Å². The lowest BCUT2D eigenvalue weighted by Gasteiger charge is -2.18. The summed E-state index contributed by atoms with van der Waals surface area (Å²) in [7, 11) is -3.63. The summed E-state index contributed by atoms with van der Waals surface area (Å²) in [5.74, 6) is 0. The number of rotatable bonds is 6. The molecule has 2 N–H and O–H groups in total. The molecule has 0 saturated carbocycles. The van der Waals surface area contributed by atoms with Gasteiger partial charge in [-0.2, -0.15) is 5.10 Å². The number of sulfonamides is 1. The van der Waals surface area contributed by atoms with Crippen LogP contribution in [0.15, 0.2) is 64.6 Å². The molecule has 2 aromatic carbocycles. The number of carbonyl (C=O) groups excluding carboxylic acids is 1. The van der Waals surface area contributed by atoms with Crippen LogP contribution in [-0.2, 0) is 21.3 Å². The molecule has 8 heteroatoms. The Morgan fingerprint density at radius 3 is 2.21 bits per heavy atom. The maximum absolute atomic E-state index is 12.4. The number of hydrogen-bond donors (Lipinski definition) is 2. The van der Waals surface area contributed by atoms with Crippen LogP contribution in [0.1, 0.15) is 38.8 Å². The van der Waals surface area contributed by atoms with Gasteiger partial charge in [-0.25, -0.2) is 23.4 Å². The summed E-state index contributed by atoms with van der Waals surface area (Å²) in [5, 5.41) is 3.97. The molecule has 0 bridgehead atoms. The second kappa shape index (κ2) is 8.99. The van der Waals surface area contributed by atoms with E-state index >= 15 is 0 Å². The van der Waals surface area contributed by atoms with Gasteiger partial charge in [0.05, 0.1) is 10.6 Å². The summed E-state index contributed by atoms with van der Waals surface area (Å²) in [6.07, 6.45) is -0.656. The van der Waals surface area contributed by atoms with E-state index in [2.05, 4.69) is 15.2 Å². The fourth-order valence-electron chi connectivity index (χ4n) is 2.23. The molecular formula is C20H25N3O4S. The summed E-state index contributed by atoms with van der Waals surface area (Å²) in [6, 6.07) is 15.5. The largest absolute Gasteiger partial charge is 0.443 e. The molecule has 150 valence electrons. The molecule has 2 aromatic rings. The Morgan fingerprint density at radius 2 is 1.64 bits per heavy atom. The number of nitrogens with zero attached hydrogens (tertiary/aromatic N) is 1. The molecule has 0 heterocycles. The van der Waals surface area contributed by atoms with E-state index in [1.807, 2.05) is 30.3 Å². The Labute approximate surface area is 165 Å². The number of benzene rings is 2. The first-order valence-electron chi connectivity index (χ1n) is 8.74. The van der Waals surface area contributed by atoms with Crippen molar-refractivity contribution in [1.29, 1.82) is 0 Å². The zero-order valence-corrected chi connectivity index (χ0v) is 17.2. The van der Waals surface area contributed by atoms with E-state index in [1.165, 1.54) is 12.1 Å². The highest BCUT2D eigenvalue weighted by atomic mass is 32.2. The lowest BCUT2D eigenvalue weighted by Crippen LogP contribution is -2.30. The number of ether oxygens (including phenoxy) is 1. The van der Waals surface area contributed by atoms with E-state index in [9.17, 15) is 13.2 Å². The van der Waals surface area contributed by atoms with Crippen molar-refractivity contribution in [3.8, 4) is 0 Å². The fourth-order valence-corrected chi connectivity index (χ4v) is 3.25. The van der Waals surface area contributed by atoms with Crippen LogP contribution < -0.4 is 10.1 Å². The maximum Gasteiger partial charge on any atom is 0.428 e. The molecule has 0 aliphatic carbocycles. The minimum atomic E-state index is -3.63. The Morgan fingerprint density at radius 1 is 1.04 bits per heavy atom. The first kappa shape index (κ1) is 21.6. The molecule has 1 amide bonds. The zero-order chi connectivity index (χ0) is 20.8. The monoisotopic (exact) mass is 403 g/mol. The fraction of sp³-hybridized carbons (Fsp3) is 0.300. The van der Waals surface area contributed by atoms with Crippen LogP contribution in [0.4, 0.5) is 4.79 Å². The number of carbonyl (C=O) groups is 1. The van der Waals surface area contributed by atoms with Crippen molar-refractivity contribution in [3.63, 3.8) is 0 Å². The quantitative estimate of drug-likeness (QED) is 0.570. The van der Waals surface area contributed by atoms with Crippen LogP contribution in [0.25, 0.3) is 0 Å². The van der Waals surface area contributed by atoms with Crippen LogP contribution in [0, 0.1) is 0 Å². The minimum Gasteiger partial charge on any atom is -0.443 e. The first-order valence-corrected chi connectivity index (χ1v) is 10.2. The van der Waals surface area contributed by atoms with Gasteiger partial charge in [0.1, 0.15) is 5.60 Å². The molecule has 7 nitrogen and oxygen atoms in total. The highest BCUT2D eigenvalue weighted by molar-refractivity contribution is 7.89. The Kier molecular flexibility index (Phi) is 6.93. The number of hydrazone groups is 1. The van der Waals surface area contributed by atoms with Crippen LogP contribution in [-0.4, -0.2) is 25.8 Å². The van der Waals surface area contributed by atoms with Crippen molar-refractivity contribution in [2.75, 3.05) is 0 Å². The second-order valence-corrected chi connectivity index (χ2v) is 8.91. The molecule has 28 heavy (non-hydrogen) atoms. The summed E-state index contributed by atoms with van der Waals surface area (Å²) < 4.78 is 32.5. The normalized spacial score (nSPS) is 12.5. The zero-order valence-electron chi connectivity index (χ0n) is 16.4. The van der Waals surface area contributed by atoms with Gasteiger partial charge in [0.25, 0.3) is 0 Å². The van der Waals surface area contributed by atoms with Crippen molar-refractivity contribution in [2.24, 2.45) is 5.10 Å². The first-order chi connectivity index (χ1) is 13.1. The predicted octanol–water partition coefficient (Wildman–Crippen LogP) is 3.41. The molecule has 0 unspecified atom stereocenters. The summed E-state index contributed by atoms with van der Waals surface area (Å²) >= 11 is 0. The number of hydrogen-bond acceptors (Lipinski definition) is 5. The van der Waals surface area contributed by atoms with E-state index in [1.54, 1.807) is 39.8 Å². The number of nitrogens with one attached hydrogen (secondary N) is 2. The van der Waals surface area contributed by atoms with Gasteiger partial charge in [-0.3, -0.25) is 0 Å². The van der Waals surface area contributed by atoms with Gasteiger partial charge in [-0.15, -0.1) is 0 Å². The minimum absolute atomic E-state index is 0.153. The van der Waals surface area contributed by atoms with Gasteiger partial charge >= 0.3 is 6.09 Å². The van der Waals surface area contributed by atoms with Crippen molar-refractivity contribution >= 4 is 21.8 Å². The van der Waals surface area contributed by atoms with Crippen LogP contribution in [0.2, 0.25) is 0 Å². The Bertz CT molecular complexity index is 932. The highest BCUT2D eigenvalue weighted by Crippen LogP contribution is 2.12. The van der Waals surface area contributed by atoms with Crippen molar-refractivity contribution in [3.05, 3.63) is 65.7 Å². The number of amides is 1. The molecule has 0 atom stereocenters. The lowest BCUT2D eigenvalue weighted by molar-refractivity contribution is 0.0529. The molecular weight excluding hydrogens is 378 g/mol. The molecule has 0 aliphatic rings. The van der Waals surface area contributed by atoms with Crippen LogP contribution >= 0.6 is 0 Å². The van der Waals surface area contributed by atoms with Crippen LogP contribution in [0.5, 0.6) is 0 Å². The lowest BCUT2D eigenvalue weighted by atomic mass is 10.1. The highest BCUT2D eigenvalue weighted by Gasteiger charge is 2.16. The van der Waals surface area contributed by atoms with Crippen molar-refractivity contribution in [2.45, 2.75) is 44.7 Å². The molecule has 0 fully saturated rings. The Hall–Kier alpha value is -2.71. The summed E-state index contributed by atoms with van der Waals surface area (Å²) in [4.78, 5) is 11.8. The molecule has 0 aliphatic heterocycles. The SMILES string of the molecule is C/C(=N/NC(=O)OC(C)(C)C)c1ccc(S(=O)(=O)NCc2ccccc2)cc1. The van der Waals surface area contributed by atoms with Crippen LogP contribution in [0.3, 0.4) is 0 Å². The molecule has 0 aromatic heterocycles. The van der Waals surface area contributed by atoms with E-state index in [4.69, 9.17) is 4.74 Å². The van der Waals surface area contributed by atoms with E-state index < -0.39 is 21.7 Å². The third kappa shape index (κ3) is 6.79. The van der Waals surface area contributed by atoms with Gasteiger partial charge in [-0.05, 0) is 51.0 Å². The third-order valence-corrected chi connectivity index (χ3v) is 5.02. The molecule has 2 rings (SSSR count). The summed E-state index contributed by atoms with van der Waals surface area (Å²) in [5.41, 5.74) is 3.78. The molecule has 0 radical (unpaired) electrons. The van der Waals surface area contributed by atoms with E-state index in [0.29, 0.717) is 11.3 Å².